The average molecular weight is 822 g/mol. The van der Waals surface area contributed by atoms with E-state index in [-0.39, 0.29) is 19.6 Å². The second-order valence-electron chi connectivity index (χ2n) is 16.6. The summed E-state index contributed by atoms with van der Waals surface area (Å²) in [5, 5.41) is 35.4. The van der Waals surface area contributed by atoms with E-state index in [0.717, 1.165) is 60.7 Å². The molecular formula is C47H59N5O8. The van der Waals surface area contributed by atoms with Crippen molar-refractivity contribution in [2.45, 2.75) is 83.1 Å². The molecule has 4 aromatic carbocycles. The Morgan fingerprint density at radius 1 is 0.817 bits per heavy atom. The first-order valence-electron chi connectivity index (χ1n) is 20.8. The lowest BCUT2D eigenvalue weighted by Gasteiger charge is -2.35. The second kappa shape index (κ2) is 21.3. The topological polar surface area (TPSA) is 171 Å². The van der Waals surface area contributed by atoms with Crippen molar-refractivity contribution in [1.82, 2.24) is 26.2 Å². The van der Waals surface area contributed by atoms with E-state index in [1.807, 2.05) is 130 Å². The average Bonchev–Trinajstić information content (AvgIpc) is 3.56. The molecule has 1 fully saturated rings. The maximum absolute atomic E-state index is 14.4. The standard InChI is InChI=1S/C47H59N5O8/c1-47(2,3)43(51-46(57)60-31-34-14-8-5-9-15-34)45(56)49-38(28-32-12-6-4-7-13-32)42(54)41(44(55)50-40-37-17-11-10-16-35(37)29-39(40)53)48-30-33-18-20-36(21-19-33)59-27-24-52-22-25-58-26-23-52/h4-21,38-43,48,53-54H,22-31H2,1-3H3,(H,49,56)(H,50,55)(H,51,57)/t38-,39+,40-,41+,42-,43+/m0/s1. The van der Waals surface area contributed by atoms with Gasteiger partial charge in [-0.1, -0.05) is 118 Å². The molecule has 0 spiro atoms. The van der Waals surface area contributed by atoms with E-state index in [2.05, 4.69) is 26.2 Å². The molecule has 60 heavy (non-hydrogen) atoms. The van der Waals surface area contributed by atoms with Crippen LogP contribution in [0.1, 0.15) is 54.6 Å². The van der Waals surface area contributed by atoms with Gasteiger partial charge in [-0.25, -0.2) is 4.79 Å². The maximum atomic E-state index is 14.4. The van der Waals surface area contributed by atoms with Crippen LogP contribution in [0.2, 0.25) is 0 Å². The van der Waals surface area contributed by atoms with Crippen molar-refractivity contribution in [3.63, 3.8) is 0 Å². The molecule has 0 bridgehead atoms. The molecule has 1 aliphatic carbocycles. The van der Waals surface area contributed by atoms with E-state index < -0.39 is 59.7 Å². The molecule has 1 heterocycles. The normalized spacial score (nSPS) is 18.6. The number of fused-ring (bicyclic) bond motifs is 1. The number of carbonyl (C=O) groups excluding carboxylic acids is 3. The van der Waals surface area contributed by atoms with Crippen molar-refractivity contribution >= 4 is 17.9 Å². The number of alkyl carbamates (subject to hydrolysis) is 1. The number of ether oxygens (including phenoxy) is 3. The highest BCUT2D eigenvalue weighted by atomic mass is 16.5. The molecule has 1 saturated heterocycles. The second-order valence-corrected chi connectivity index (χ2v) is 16.6. The van der Waals surface area contributed by atoms with Gasteiger partial charge in [0.2, 0.25) is 11.8 Å². The molecule has 1 aliphatic heterocycles. The number of aliphatic hydroxyl groups excluding tert-OH is 2. The van der Waals surface area contributed by atoms with Crippen molar-refractivity contribution in [2.24, 2.45) is 5.41 Å². The summed E-state index contributed by atoms with van der Waals surface area (Å²) >= 11 is 0. The van der Waals surface area contributed by atoms with Crippen LogP contribution >= 0.6 is 0 Å². The first-order valence-corrected chi connectivity index (χ1v) is 20.8. The lowest BCUT2D eigenvalue weighted by atomic mass is 9.85. The molecule has 0 saturated carbocycles. The number of carbonyl (C=O) groups is 3. The largest absolute Gasteiger partial charge is 0.492 e. The third-order valence-electron chi connectivity index (χ3n) is 11.0. The van der Waals surface area contributed by atoms with Crippen LogP contribution in [-0.4, -0.2) is 103 Å². The predicted molar refractivity (Wildman–Crippen MR) is 228 cm³/mol. The molecule has 13 nitrogen and oxygen atoms in total. The number of nitrogens with one attached hydrogen (secondary N) is 4. The predicted octanol–water partition coefficient (Wildman–Crippen LogP) is 4.06. The van der Waals surface area contributed by atoms with Crippen LogP contribution in [0.4, 0.5) is 4.79 Å². The maximum Gasteiger partial charge on any atom is 0.408 e. The van der Waals surface area contributed by atoms with Gasteiger partial charge in [0.1, 0.15) is 31.0 Å². The van der Waals surface area contributed by atoms with E-state index >= 15 is 0 Å². The van der Waals surface area contributed by atoms with Gasteiger partial charge in [0.05, 0.1) is 37.5 Å². The van der Waals surface area contributed by atoms with Crippen molar-refractivity contribution < 1.29 is 38.8 Å². The highest BCUT2D eigenvalue weighted by molar-refractivity contribution is 5.87. The summed E-state index contributed by atoms with van der Waals surface area (Å²) in [5.41, 5.74) is 3.42. The minimum atomic E-state index is -1.48. The fourth-order valence-corrected chi connectivity index (χ4v) is 7.59. The van der Waals surface area contributed by atoms with Crippen molar-refractivity contribution in [3.8, 4) is 5.75 Å². The molecule has 6 rings (SSSR count). The van der Waals surface area contributed by atoms with Gasteiger partial charge in [-0.05, 0) is 51.8 Å². The molecule has 6 N–H and O–H groups in total. The Bertz CT molecular complexity index is 1970. The summed E-state index contributed by atoms with van der Waals surface area (Å²) in [7, 11) is 0. The van der Waals surface area contributed by atoms with Gasteiger partial charge in [-0.3, -0.25) is 19.8 Å². The number of hydrogen-bond acceptors (Lipinski definition) is 10. The van der Waals surface area contributed by atoms with E-state index in [4.69, 9.17) is 14.2 Å². The summed E-state index contributed by atoms with van der Waals surface area (Å²) in [6.45, 7) is 10.2. The van der Waals surface area contributed by atoms with Crippen LogP contribution in [0.5, 0.6) is 5.75 Å². The number of rotatable bonds is 18. The Morgan fingerprint density at radius 3 is 2.15 bits per heavy atom. The molecule has 0 radical (unpaired) electrons. The zero-order chi connectivity index (χ0) is 42.5. The van der Waals surface area contributed by atoms with Crippen LogP contribution in [0.15, 0.2) is 109 Å². The third kappa shape index (κ3) is 12.6. The molecule has 0 aromatic heterocycles. The SMILES string of the molecule is CC(C)(C)[C@H](NC(=O)OCc1ccccc1)C(=O)N[C@@H](Cc1ccccc1)[C@H](O)[C@@H](NCc1ccc(OCCN2CCOCC2)cc1)C(=O)N[C@H]1c2ccccc2C[C@H]1O. The number of amides is 3. The first kappa shape index (κ1) is 44.2. The quantitative estimate of drug-likeness (QED) is 0.0861. The van der Waals surface area contributed by atoms with E-state index in [9.17, 15) is 24.6 Å². The van der Waals surface area contributed by atoms with Crippen LogP contribution in [0.3, 0.4) is 0 Å². The van der Waals surface area contributed by atoms with Crippen LogP contribution in [-0.2, 0) is 45.1 Å². The van der Waals surface area contributed by atoms with Gasteiger partial charge in [0.15, 0.2) is 0 Å². The van der Waals surface area contributed by atoms with Gasteiger partial charge in [0.25, 0.3) is 0 Å². The summed E-state index contributed by atoms with van der Waals surface area (Å²) in [5.74, 6) is -0.386. The molecule has 320 valence electrons. The Morgan fingerprint density at radius 2 is 1.47 bits per heavy atom. The fourth-order valence-electron chi connectivity index (χ4n) is 7.59. The molecule has 3 amide bonds. The zero-order valence-corrected chi connectivity index (χ0v) is 34.7. The molecule has 4 aromatic rings. The minimum Gasteiger partial charge on any atom is -0.492 e. The van der Waals surface area contributed by atoms with Gasteiger partial charge < -0.3 is 40.4 Å². The Hall–Kier alpha value is -5.31. The summed E-state index contributed by atoms with van der Waals surface area (Å²) in [6.07, 6.45) is -2.56. The number of morpholine rings is 1. The highest BCUT2D eigenvalue weighted by Crippen LogP contribution is 2.31. The van der Waals surface area contributed by atoms with Gasteiger partial charge in [-0.2, -0.15) is 0 Å². The fraction of sp³-hybridized carbons (Fsp3) is 0.426. The van der Waals surface area contributed by atoms with Gasteiger partial charge >= 0.3 is 6.09 Å². The monoisotopic (exact) mass is 821 g/mol. The highest BCUT2D eigenvalue weighted by Gasteiger charge is 2.40. The number of benzene rings is 4. The Labute approximate surface area is 352 Å². The molecular weight excluding hydrogens is 763 g/mol. The van der Waals surface area contributed by atoms with Crippen molar-refractivity contribution in [3.05, 3.63) is 137 Å². The number of hydrogen-bond donors (Lipinski definition) is 6. The van der Waals surface area contributed by atoms with Gasteiger partial charge in [-0.15, -0.1) is 0 Å². The lowest BCUT2D eigenvalue weighted by molar-refractivity contribution is -0.131. The molecule has 6 atom stereocenters. The lowest BCUT2D eigenvalue weighted by Crippen LogP contribution is -2.62. The number of aliphatic hydroxyl groups is 2. The van der Waals surface area contributed by atoms with Crippen LogP contribution in [0, 0.1) is 5.41 Å². The summed E-state index contributed by atoms with van der Waals surface area (Å²) in [4.78, 5) is 44.1. The molecule has 0 unspecified atom stereocenters. The van der Waals surface area contributed by atoms with Gasteiger partial charge in [0, 0.05) is 32.6 Å². The first-order chi connectivity index (χ1) is 28.9. The number of nitrogens with zero attached hydrogens (tertiary/aromatic N) is 1. The van der Waals surface area contributed by atoms with Crippen LogP contribution in [0.25, 0.3) is 0 Å². The zero-order valence-electron chi connectivity index (χ0n) is 34.7. The Kier molecular flexibility index (Phi) is 15.7. The third-order valence-corrected chi connectivity index (χ3v) is 11.0. The van der Waals surface area contributed by atoms with Crippen LogP contribution < -0.4 is 26.0 Å². The minimum absolute atomic E-state index is 0.0216. The van der Waals surface area contributed by atoms with E-state index in [0.29, 0.717) is 18.8 Å². The summed E-state index contributed by atoms with van der Waals surface area (Å²) < 4.78 is 16.9. The molecule has 13 heteroatoms. The smallest absolute Gasteiger partial charge is 0.408 e. The summed E-state index contributed by atoms with van der Waals surface area (Å²) in [6, 6.07) is 29.7. The van der Waals surface area contributed by atoms with E-state index in [1.165, 1.54) is 0 Å². The Balaban J connectivity index is 1.20. The van der Waals surface area contributed by atoms with E-state index in [1.54, 1.807) is 0 Å². The van der Waals surface area contributed by atoms with Crippen molar-refractivity contribution in [1.29, 1.82) is 0 Å². The van der Waals surface area contributed by atoms with Crippen molar-refractivity contribution in [2.75, 3.05) is 39.5 Å². The molecule has 2 aliphatic rings.